The maximum atomic E-state index is 12.1. The largest absolute Gasteiger partial charge is 0.369 e. The van der Waals surface area contributed by atoms with Crippen LogP contribution in [0.15, 0.2) is 48.7 Å². The van der Waals surface area contributed by atoms with Crippen molar-refractivity contribution in [3.63, 3.8) is 0 Å². The normalized spacial score (nSPS) is 17.3. The first-order valence-corrected chi connectivity index (χ1v) is 8.28. The van der Waals surface area contributed by atoms with E-state index in [0.717, 1.165) is 35.9 Å². The highest BCUT2D eigenvalue weighted by atomic mass is 35.5. The van der Waals surface area contributed by atoms with E-state index in [4.69, 9.17) is 11.6 Å². The van der Waals surface area contributed by atoms with Crippen LogP contribution >= 0.6 is 11.6 Å². The number of nitrogens with zero attached hydrogens (tertiary/aromatic N) is 2. The maximum Gasteiger partial charge on any atom is 0.220 e. The van der Waals surface area contributed by atoms with Crippen molar-refractivity contribution >= 4 is 23.2 Å². The fraction of sp³-hybridized carbons (Fsp3) is 0.333. The van der Waals surface area contributed by atoms with Crippen molar-refractivity contribution in [3.05, 3.63) is 59.4 Å². The second-order valence-electron chi connectivity index (χ2n) is 5.80. The molecule has 0 saturated carbocycles. The zero-order valence-electron chi connectivity index (χ0n) is 12.9. The number of aryl methyl sites for hydroxylation is 1. The van der Waals surface area contributed by atoms with Gasteiger partial charge < -0.3 is 10.2 Å². The summed E-state index contributed by atoms with van der Waals surface area (Å²) < 4.78 is 0. The van der Waals surface area contributed by atoms with Crippen molar-refractivity contribution in [2.45, 2.75) is 25.3 Å². The van der Waals surface area contributed by atoms with Gasteiger partial charge in [-0.25, -0.2) is 0 Å². The molecular weight excluding hydrogens is 310 g/mol. The molecular formula is C18H20ClN3O. The van der Waals surface area contributed by atoms with Gasteiger partial charge in [0.25, 0.3) is 0 Å². The molecule has 1 atom stereocenters. The summed E-state index contributed by atoms with van der Waals surface area (Å²) in [5.41, 5.74) is 2.07. The SMILES string of the molecule is O=C(CCc1ccccn1)NC1CCN(c2cccc(Cl)c2)C1. The Morgan fingerprint density at radius 3 is 3.00 bits per heavy atom. The van der Waals surface area contributed by atoms with Crippen LogP contribution in [0.3, 0.4) is 0 Å². The highest BCUT2D eigenvalue weighted by Crippen LogP contribution is 2.23. The van der Waals surface area contributed by atoms with E-state index in [2.05, 4.69) is 21.3 Å². The summed E-state index contributed by atoms with van der Waals surface area (Å²) in [4.78, 5) is 18.6. The number of benzene rings is 1. The molecule has 0 bridgehead atoms. The molecule has 1 saturated heterocycles. The summed E-state index contributed by atoms with van der Waals surface area (Å²) in [7, 11) is 0. The van der Waals surface area contributed by atoms with Gasteiger partial charge in [0.2, 0.25) is 5.91 Å². The number of halogens is 1. The lowest BCUT2D eigenvalue weighted by Gasteiger charge is -2.19. The monoisotopic (exact) mass is 329 g/mol. The van der Waals surface area contributed by atoms with Crippen LogP contribution in [0.4, 0.5) is 5.69 Å². The molecule has 0 spiro atoms. The molecule has 1 aromatic carbocycles. The summed E-state index contributed by atoms with van der Waals surface area (Å²) in [6, 6.07) is 13.8. The molecule has 4 nitrogen and oxygen atoms in total. The lowest BCUT2D eigenvalue weighted by atomic mass is 10.2. The van der Waals surface area contributed by atoms with Crippen molar-refractivity contribution in [2.75, 3.05) is 18.0 Å². The van der Waals surface area contributed by atoms with Crippen LogP contribution in [0.5, 0.6) is 0 Å². The summed E-state index contributed by atoms with van der Waals surface area (Å²) >= 11 is 6.04. The number of carbonyl (C=O) groups is 1. The zero-order valence-corrected chi connectivity index (χ0v) is 13.7. The standard InChI is InChI=1S/C18H20ClN3O/c19-14-4-3-6-17(12-14)22-11-9-16(13-22)21-18(23)8-7-15-5-1-2-10-20-15/h1-6,10,12,16H,7-9,11,13H2,(H,21,23). The van der Waals surface area contributed by atoms with Crippen molar-refractivity contribution in [3.8, 4) is 0 Å². The number of carbonyl (C=O) groups excluding carboxylic acids is 1. The first kappa shape index (κ1) is 15.8. The molecule has 1 N–H and O–H groups in total. The first-order valence-electron chi connectivity index (χ1n) is 7.90. The van der Waals surface area contributed by atoms with E-state index in [-0.39, 0.29) is 11.9 Å². The third kappa shape index (κ3) is 4.45. The molecule has 0 aliphatic carbocycles. The van der Waals surface area contributed by atoms with E-state index in [9.17, 15) is 4.79 Å². The summed E-state index contributed by atoms with van der Waals surface area (Å²) in [6.07, 6.45) is 3.87. The molecule has 23 heavy (non-hydrogen) atoms. The average Bonchev–Trinajstić information content (AvgIpc) is 3.02. The number of hydrogen-bond donors (Lipinski definition) is 1. The minimum atomic E-state index is 0.0913. The fourth-order valence-corrected chi connectivity index (χ4v) is 3.06. The minimum Gasteiger partial charge on any atom is -0.369 e. The van der Waals surface area contributed by atoms with E-state index < -0.39 is 0 Å². The van der Waals surface area contributed by atoms with Gasteiger partial charge in [-0.2, -0.15) is 0 Å². The van der Waals surface area contributed by atoms with Gasteiger partial charge >= 0.3 is 0 Å². The Bertz CT molecular complexity index is 662. The molecule has 1 unspecified atom stereocenters. The lowest BCUT2D eigenvalue weighted by Crippen LogP contribution is -2.37. The van der Waals surface area contributed by atoms with Gasteiger partial charge in [0.1, 0.15) is 0 Å². The van der Waals surface area contributed by atoms with Gasteiger partial charge in [-0.15, -0.1) is 0 Å². The molecule has 0 radical (unpaired) electrons. The lowest BCUT2D eigenvalue weighted by molar-refractivity contribution is -0.121. The van der Waals surface area contributed by atoms with Crippen molar-refractivity contribution in [1.82, 2.24) is 10.3 Å². The third-order valence-corrected chi connectivity index (χ3v) is 4.30. The topological polar surface area (TPSA) is 45.2 Å². The number of amides is 1. The van der Waals surface area contributed by atoms with Gasteiger partial charge in [0.15, 0.2) is 0 Å². The fourth-order valence-electron chi connectivity index (χ4n) is 2.87. The quantitative estimate of drug-likeness (QED) is 0.917. The van der Waals surface area contributed by atoms with Crippen LogP contribution in [0.1, 0.15) is 18.5 Å². The van der Waals surface area contributed by atoms with Crippen molar-refractivity contribution in [1.29, 1.82) is 0 Å². The minimum absolute atomic E-state index is 0.0913. The van der Waals surface area contributed by atoms with Crippen LogP contribution in [-0.4, -0.2) is 30.0 Å². The summed E-state index contributed by atoms with van der Waals surface area (Å²) in [6.45, 7) is 1.77. The van der Waals surface area contributed by atoms with E-state index >= 15 is 0 Å². The first-order chi connectivity index (χ1) is 11.2. The van der Waals surface area contributed by atoms with Crippen LogP contribution in [-0.2, 0) is 11.2 Å². The van der Waals surface area contributed by atoms with E-state index in [1.54, 1.807) is 6.20 Å². The number of nitrogens with one attached hydrogen (secondary N) is 1. The van der Waals surface area contributed by atoms with Gasteiger partial charge in [-0.1, -0.05) is 23.7 Å². The van der Waals surface area contributed by atoms with Crippen LogP contribution in [0, 0.1) is 0 Å². The molecule has 1 aliphatic rings. The Morgan fingerprint density at radius 1 is 1.30 bits per heavy atom. The van der Waals surface area contributed by atoms with Crippen LogP contribution < -0.4 is 10.2 Å². The molecule has 1 aliphatic heterocycles. The van der Waals surface area contributed by atoms with Crippen molar-refractivity contribution in [2.24, 2.45) is 0 Å². The van der Waals surface area contributed by atoms with E-state index in [0.29, 0.717) is 12.8 Å². The number of aromatic nitrogens is 1. The molecule has 3 rings (SSSR count). The van der Waals surface area contributed by atoms with Crippen LogP contribution in [0.2, 0.25) is 5.02 Å². The number of rotatable bonds is 5. The van der Waals surface area contributed by atoms with Crippen molar-refractivity contribution < 1.29 is 4.79 Å². The van der Waals surface area contributed by atoms with Crippen LogP contribution in [0.25, 0.3) is 0 Å². The Kier molecular flexibility index (Phi) is 5.13. The smallest absolute Gasteiger partial charge is 0.220 e. The molecule has 2 heterocycles. The Balaban J connectivity index is 1.47. The molecule has 1 fully saturated rings. The highest BCUT2D eigenvalue weighted by molar-refractivity contribution is 6.30. The molecule has 5 heteroatoms. The van der Waals surface area contributed by atoms with Gasteiger partial charge in [0.05, 0.1) is 0 Å². The molecule has 1 amide bonds. The second kappa shape index (κ2) is 7.47. The predicted molar refractivity (Wildman–Crippen MR) is 92.8 cm³/mol. The zero-order chi connectivity index (χ0) is 16.1. The van der Waals surface area contributed by atoms with Gasteiger partial charge in [-0.05, 0) is 43.2 Å². The highest BCUT2D eigenvalue weighted by Gasteiger charge is 2.24. The molecule has 2 aromatic rings. The Morgan fingerprint density at radius 2 is 2.22 bits per heavy atom. The van der Waals surface area contributed by atoms with Gasteiger partial charge in [0, 0.05) is 48.2 Å². The molecule has 1 aromatic heterocycles. The number of hydrogen-bond acceptors (Lipinski definition) is 3. The Hall–Kier alpha value is -2.07. The summed E-state index contributed by atoms with van der Waals surface area (Å²) in [5.74, 6) is 0.0913. The number of anilines is 1. The second-order valence-corrected chi connectivity index (χ2v) is 6.24. The third-order valence-electron chi connectivity index (χ3n) is 4.06. The maximum absolute atomic E-state index is 12.1. The molecule has 120 valence electrons. The summed E-state index contributed by atoms with van der Waals surface area (Å²) in [5, 5.41) is 3.86. The number of pyridine rings is 1. The average molecular weight is 330 g/mol. The predicted octanol–water partition coefficient (Wildman–Crippen LogP) is 3.06. The Labute approximate surface area is 141 Å². The van der Waals surface area contributed by atoms with E-state index in [1.807, 2.05) is 36.4 Å². The van der Waals surface area contributed by atoms with Gasteiger partial charge in [-0.3, -0.25) is 9.78 Å². The van der Waals surface area contributed by atoms with E-state index in [1.165, 1.54) is 0 Å².